The van der Waals surface area contributed by atoms with Gasteiger partial charge in [-0.2, -0.15) is 0 Å². The number of para-hydroxylation sites is 1. The fraction of sp³-hybridized carbons (Fsp3) is 0.0588. The van der Waals surface area contributed by atoms with Crippen LogP contribution < -0.4 is 5.32 Å². The Bertz CT molecular complexity index is 1030. The van der Waals surface area contributed by atoms with E-state index >= 15 is 0 Å². The number of carbonyl (C=O) groups excluding carboxylic acids is 2. The summed E-state index contributed by atoms with van der Waals surface area (Å²) < 4.78 is 1.91. The van der Waals surface area contributed by atoms with Gasteiger partial charge >= 0.3 is 0 Å². The molecule has 126 valence electrons. The standard InChI is InChI=1S/C17H12BrN3O4/c1-10(22)20-9-13(12-4-2-3-5-15(12)20)17(23)19-14-7-6-11(18)8-16(14)21(24)25/h2-9H,1H3,(H,19,23). The topological polar surface area (TPSA) is 94.2 Å². The molecule has 1 N–H and O–H groups in total. The number of carbonyl (C=O) groups is 2. The number of rotatable bonds is 3. The number of hydrogen-bond donors (Lipinski definition) is 1. The lowest BCUT2D eigenvalue weighted by Gasteiger charge is -2.05. The van der Waals surface area contributed by atoms with Crippen LogP contribution in [0.2, 0.25) is 0 Å². The van der Waals surface area contributed by atoms with Crippen LogP contribution in [0.3, 0.4) is 0 Å². The zero-order valence-electron chi connectivity index (χ0n) is 13.0. The van der Waals surface area contributed by atoms with E-state index in [-0.39, 0.29) is 22.8 Å². The number of nitrogens with one attached hydrogen (secondary N) is 1. The van der Waals surface area contributed by atoms with Crippen LogP contribution in [-0.4, -0.2) is 21.3 Å². The van der Waals surface area contributed by atoms with E-state index in [4.69, 9.17) is 0 Å². The van der Waals surface area contributed by atoms with Gasteiger partial charge in [0.15, 0.2) is 0 Å². The Balaban J connectivity index is 2.05. The Kier molecular flexibility index (Phi) is 4.37. The molecule has 0 radical (unpaired) electrons. The van der Waals surface area contributed by atoms with Crippen molar-refractivity contribution in [1.82, 2.24) is 4.57 Å². The van der Waals surface area contributed by atoms with Crippen molar-refractivity contribution >= 4 is 50.0 Å². The van der Waals surface area contributed by atoms with Gasteiger partial charge in [-0.25, -0.2) is 0 Å². The molecule has 3 rings (SSSR count). The van der Waals surface area contributed by atoms with Gasteiger partial charge in [0, 0.05) is 29.0 Å². The van der Waals surface area contributed by atoms with Crippen LogP contribution in [0, 0.1) is 10.1 Å². The second kappa shape index (κ2) is 6.48. The fourth-order valence-corrected chi connectivity index (χ4v) is 2.92. The first-order valence-electron chi connectivity index (χ1n) is 7.25. The monoisotopic (exact) mass is 401 g/mol. The van der Waals surface area contributed by atoms with E-state index in [0.29, 0.717) is 15.4 Å². The largest absolute Gasteiger partial charge is 0.316 e. The molecule has 2 aromatic carbocycles. The van der Waals surface area contributed by atoms with Gasteiger partial charge in [-0.15, -0.1) is 0 Å². The van der Waals surface area contributed by atoms with E-state index in [0.717, 1.165) is 0 Å². The summed E-state index contributed by atoms with van der Waals surface area (Å²) in [6.07, 6.45) is 1.44. The average Bonchev–Trinajstić information content (AvgIpc) is 2.96. The maximum absolute atomic E-state index is 12.7. The molecule has 0 fully saturated rings. The third kappa shape index (κ3) is 3.16. The predicted octanol–water partition coefficient (Wildman–Crippen LogP) is 4.22. The van der Waals surface area contributed by atoms with Crippen LogP contribution in [0.25, 0.3) is 10.9 Å². The molecule has 3 aromatic rings. The molecule has 25 heavy (non-hydrogen) atoms. The van der Waals surface area contributed by atoms with Gasteiger partial charge in [-0.1, -0.05) is 34.1 Å². The number of aromatic nitrogens is 1. The van der Waals surface area contributed by atoms with Gasteiger partial charge < -0.3 is 5.32 Å². The maximum atomic E-state index is 12.7. The molecule has 1 amide bonds. The minimum Gasteiger partial charge on any atom is -0.316 e. The van der Waals surface area contributed by atoms with E-state index in [1.807, 2.05) is 0 Å². The number of halogens is 1. The van der Waals surface area contributed by atoms with E-state index in [9.17, 15) is 19.7 Å². The van der Waals surface area contributed by atoms with Crippen molar-refractivity contribution in [1.29, 1.82) is 0 Å². The molecule has 0 spiro atoms. The van der Waals surface area contributed by atoms with Crippen LogP contribution in [0.4, 0.5) is 11.4 Å². The number of nitrogens with zero attached hydrogens (tertiary/aromatic N) is 2. The molecule has 0 aliphatic heterocycles. The Labute approximate surface area is 150 Å². The Hall–Kier alpha value is -3.00. The van der Waals surface area contributed by atoms with Crippen molar-refractivity contribution < 1.29 is 14.5 Å². The number of nitro benzene ring substituents is 1. The third-order valence-corrected chi connectivity index (χ3v) is 4.19. The maximum Gasteiger partial charge on any atom is 0.293 e. The average molecular weight is 402 g/mol. The lowest BCUT2D eigenvalue weighted by atomic mass is 10.1. The summed E-state index contributed by atoms with van der Waals surface area (Å²) in [5.41, 5.74) is 0.726. The summed E-state index contributed by atoms with van der Waals surface area (Å²) in [5.74, 6) is -0.758. The molecular weight excluding hydrogens is 390 g/mol. The Morgan fingerprint density at radius 2 is 1.92 bits per heavy atom. The molecule has 0 saturated carbocycles. The zero-order valence-corrected chi connectivity index (χ0v) is 14.6. The molecule has 1 heterocycles. The molecule has 0 aliphatic carbocycles. The van der Waals surface area contributed by atoms with Crippen molar-refractivity contribution in [3.05, 3.63) is 68.8 Å². The second-order valence-corrected chi connectivity index (χ2v) is 6.24. The first-order chi connectivity index (χ1) is 11.9. The minimum atomic E-state index is -0.570. The van der Waals surface area contributed by atoms with Gasteiger partial charge in [-0.05, 0) is 18.2 Å². The van der Waals surface area contributed by atoms with E-state index < -0.39 is 10.8 Å². The molecule has 8 heteroatoms. The molecule has 0 atom stereocenters. The highest BCUT2D eigenvalue weighted by molar-refractivity contribution is 9.10. The molecule has 0 unspecified atom stereocenters. The van der Waals surface area contributed by atoms with Crippen molar-refractivity contribution in [2.75, 3.05) is 5.32 Å². The van der Waals surface area contributed by atoms with E-state index in [1.54, 1.807) is 30.3 Å². The number of benzene rings is 2. The first kappa shape index (κ1) is 16.8. The first-order valence-corrected chi connectivity index (χ1v) is 8.04. The minimum absolute atomic E-state index is 0.0813. The summed E-state index contributed by atoms with van der Waals surface area (Å²) in [6, 6.07) is 11.3. The molecule has 0 bridgehead atoms. The lowest BCUT2D eigenvalue weighted by molar-refractivity contribution is -0.384. The van der Waals surface area contributed by atoms with Gasteiger partial charge in [0.25, 0.3) is 11.6 Å². The Morgan fingerprint density at radius 3 is 2.60 bits per heavy atom. The SMILES string of the molecule is CC(=O)n1cc(C(=O)Nc2ccc(Br)cc2[N+](=O)[O-])c2ccccc21. The zero-order chi connectivity index (χ0) is 18.1. The highest BCUT2D eigenvalue weighted by atomic mass is 79.9. The summed E-state index contributed by atoms with van der Waals surface area (Å²) >= 11 is 3.17. The summed E-state index contributed by atoms with van der Waals surface area (Å²) in [4.78, 5) is 35.0. The van der Waals surface area contributed by atoms with Crippen molar-refractivity contribution in [3.8, 4) is 0 Å². The van der Waals surface area contributed by atoms with Crippen LogP contribution >= 0.6 is 15.9 Å². The number of fused-ring (bicyclic) bond motifs is 1. The van der Waals surface area contributed by atoms with Gasteiger partial charge in [-0.3, -0.25) is 24.3 Å². The van der Waals surface area contributed by atoms with Crippen LogP contribution in [0.1, 0.15) is 22.1 Å². The van der Waals surface area contributed by atoms with Gasteiger partial charge in [0.2, 0.25) is 5.91 Å². The van der Waals surface area contributed by atoms with Crippen LogP contribution in [0.5, 0.6) is 0 Å². The second-order valence-electron chi connectivity index (χ2n) is 5.32. The fourth-order valence-electron chi connectivity index (χ4n) is 2.57. The lowest BCUT2D eigenvalue weighted by Crippen LogP contribution is -2.13. The summed E-state index contributed by atoms with van der Waals surface area (Å²) in [5, 5.41) is 14.3. The molecule has 0 saturated heterocycles. The van der Waals surface area contributed by atoms with Crippen LogP contribution in [0.15, 0.2) is 53.1 Å². The Morgan fingerprint density at radius 1 is 1.20 bits per heavy atom. The molecular formula is C17H12BrN3O4. The number of amides is 1. The number of hydrogen-bond acceptors (Lipinski definition) is 4. The number of anilines is 1. The summed E-state index contributed by atoms with van der Waals surface area (Å²) in [7, 11) is 0. The van der Waals surface area contributed by atoms with E-state index in [1.165, 1.54) is 29.8 Å². The molecule has 7 nitrogen and oxygen atoms in total. The van der Waals surface area contributed by atoms with Crippen molar-refractivity contribution in [2.24, 2.45) is 0 Å². The smallest absolute Gasteiger partial charge is 0.293 e. The highest BCUT2D eigenvalue weighted by Gasteiger charge is 2.20. The van der Waals surface area contributed by atoms with Gasteiger partial charge in [0.1, 0.15) is 5.69 Å². The normalized spacial score (nSPS) is 10.6. The molecule has 1 aromatic heterocycles. The highest BCUT2D eigenvalue weighted by Crippen LogP contribution is 2.29. The predicted molar refractivity (Wildman–Crippen MR) is 97.0 cm³/mol. The van der Waals surface area contributed by atoms with Gasteiger partial charge in [0.05, 0.1) is 16.0 Å². The van der Waals surface area contributed by atoms with Crippen LogP contribution in [-0.2, 0) is 0 Å². The third-order valence-electron chi connectivity index (χ3n) is 3.70. The quantitative estimate of drug-likeness (QED) is 0.524. The molecule has 0 aliphatic rings. The number of nitro groups is 1. The summed E-state index contributed by atoms with van der Waals surface area (Å²) in [6.45, 7) is 1.40. The van der Waals surface area contributed by atoms with Crippen molar-refractivity contribution in [2.45, 2.75) is 6.92 Å². The van der Waals surface area contributed by atoms with E-state index in [2.05, 4.69) is 21.2 Å². The van der Waals surface area contributed by atoms with Crippen molar-refractivity contribution in [3.63, 3.8) is 0 Å².